The van der Waals surface area contributed by atoms with Crippen LogP contribution < -0.4 is 4.74 Å². The van der Waals surface area contributed by atoms with E-state index in [1.54, 1.807) is 46.8 Å². The summed E-state index contributed by atoms with van der Waals surface area (Å²) >= 11 is 6.08. The van der Waals surface area contributed by atoms with E-state index in [-0.39, 0.29) is 10.5 Å². The molecule has 4 aromatic rings. The Kier molecular flexibility index (Phi) is 8.05. The number of para-hydroxylation sites is 1. The summed E-state index contributed by atoms with van der Waals surface area (Å²) in [6.45, 7) is 4.27. The number of fused-ring (bicyclic) bond motifs is 1. The average Bonchev–Trinajstić information content (AvgIpc) is 3.43. The number of nitrogens with zero attached hydrogens (tertiary/aromatic N) is 3. The van der Waals surface area contributed by atoms with Crippen LogP contribution in [-0.4, -0.2) is 55.3 Å². The van der Waals surface area contributed by atoms with Crippen LogP contribution in [0.3, 0.4) is 0 Å². The lowest BCUT2D eigenvalue weighted by Crippen LogP contribution is -2.43. The zero-order valence-corrected chi connectivity index (χ0v) is 24.4. The molecule has 0 amide bonds. The summed E-state index contributed by atoms with van der Waals surface area (Å²) in [5, 5.41) is 11.0. The Hall–Kier alpha value is -3.35. The fourth-order valence-corrected chi connectivity index (χ4v) is 7.89. The van der Waals surface area contributed by atoms with E-state index in [1.165, 1.54) is 16.5 Å². The molecule has 0 unspecified atom stereocenters. The number of sulfonamides is 1. The number of rotatable bonds is 7. The molecule has 3 aromatic carbocycles. The number of aromatic amines is 1. The Morgan fingerprint density at radius 2 is 1.66 bits per heavy atom. The van der Waals surface area contributed by atoms with E-state index in [9.17, 15) is 13.7 Å². The molecule has 2 aliphatic heterocycles. The second-order valence-corrected chi connectivity index (χ2v) is 13.4. The van der Waals surface area contributed by atoms with Gasteiger partial charge < -0.3 is 14.6 Å². The van der Waals surface area contributed by atoms with E-state index >= 15 is 0 Å². The zero-order valence-electron chi connectivity index (χ0n) is 22.8. The smallest absolute Gasteiger partial charge is 0.243 e. The predicted octanol–water partition coefficient (Wildman–Crippen LogP) is 6.77. The number of hydrogen-bond acceptors (Lipinski definition) is 5. The molecule has 9 heteroatoms. The van der Waals surface area contributed by atoms with Gasteiger partial charge in [-0.1, -0.05) is 35.9 Å². The lowest BCUT2D eigenvalue weighted by Gasteiger charge is -2.37. The van der Waals surface area contributed by atoms with Crippen LogP contribution in [0.15, 0.2) is 77.8 Å². The molecule has 6 rings (SSSR count). The van der Waals surface area contributed by atoms with E-state index in [0.717, 1.165) is 45.3 Å². The summed E-state index contributed by atoms with van der Waals surface area (Å²) in [5.41, 5.74) is 2.89. The molecular formula is C32H33ClN4O3S. The molecule has 3 heterocycles. The highest BCUT2D eigenvalue weighted by atomic mass is 35.5. The molecule has 1 N–H and O–H groups in total. The van der Waals surface area contributed by atoms with Crippen LogP contribution in [0.25, 0.3) is 10.9 Å². The first-order valence-corrected chi connectivity index (χ1v) is 16.0. The molecule has 0 bridgehead atoms. The van der Waals surface area contributed by atoms with Gasteiger partial charge in [0.1, 0.15) is 23.1 Å². The minimum Gasteiger partial charge on any atom is -0.456 e. The van der Waals surface area contributed by atoms with E-state index in [2.05, 4.69) is 40.3 Å². The first-order valence-electron chi connectivity index (χ1n) is 14.2. The quantitative estimate of drug-likeness (QED) is 0.257. The monoisotopic (exact) mass is 588 g/mol. The van der Waals surface area contributed by atoms with Crippen LogP contribution in [-0.2, 0) is 10.0 Å². The average molecular weight is 589 g/mol. The van der Waals surface area contributed by atoms with Crippen LogP contribution in [0.2, 0.25) is 5.02 Å². The van der Waals surface area contributed by atoms with Crippen molar-refractivity contribution in [2.75, 3.05) is 32.7 Å². The highest BCUT2D eigenvalue weighted by molar-refractivity contribution is 7.89. The topological polar surface area (TPSA) is 89.4 Å². The number of H-pyrrole nitrogens is 1. The largest absolute Gasteiger partial charge is 0.456 e. The first kappa shape index (κ1) is 27.8. The molecule has 2 saturated heterocycles. The third-order valence-corrected chi connectivity index (χ3v) is 10.7. The maximum absolute atomic E-state index is 13.4. The summed E-state index contributed by atoms with van der Waals surface area (Å²) in [4.78, 5) is 6.23. The molecule has 0 spiro atoms. The fraction of sp³-hybridized carbons (Fsp3) is 0.344. The number of halogens is 1. The van der Waals surface area contributed by atoms with Gasteiger partial charge in [0.15, 0.2) is 0 Å². The Morgan fingerprint density at radius 1 is 0.927 bits per heavy atom. The van der Waals surface area contributed by atoms with Crippen LogP contribution in [0.5, 0.6) is 11.5 Å². The molecular weight excluding hydrogens is 556 g/mol. The number of benzene rings is 3. The summed E-state index contributed by atoms with van der Waals surface area (Å²) in [5.74, 6) is 1.87. The minimum absolute atomic E-state index is 0.243. The van der Waals surface area contributed by atoms with Gasteiger partial charge in [-0.3, -0.25) is 0 Å². The molecule has 2 aliphatic rings. The number of nitrogens with one attached hydrogen (secondary N) is 1. The fourth-order valence-electron chi connectivity index (χ4n) is 6.21. The minimum atomic E-state index is -3.59. The van der Waals surface area contributed by atoms with Crippen molar-refractivity contribution in [3.05, 3.63) is 89.1 Å². The summed E-state index contributed by atoms with van der Waals surface area (Å²) < 4.78 is 34.1. The summed E-state index contributed by atoms with van der Waals surface area (Å²) in [6, 6.07) is 21.9. The van der Waals surface area contributed by atoms with Gasteiger partial charge in [0.25, 0.3) is 0 Å². The van der Waals surface area contributed by atoms with E-state index in [1.807, 2.05) is 6.07 Å². The molecule has 0 atom stereocenters. The van der Waals surface area contributed by atoms with Crippen molar-refractivity contribution in [1.82, 2.24) is 14.2 Å². The second-order valence-electron chi connectivity index (χ2n) is 11.0. The number of hydrogen-bond donors (Lipinski definition) is 1. The highest BCUT2D eigenvalue weighted by Crippen LogP contribution is 2.35. The standard InChI is InChI=1S/C32H33ClN4O3S/c33-30-5-3-7-32(28(30)20-34)40-25-8-10-26(11-9-25)41(38,39)37-18-12-23(13-19-37)22-36-16-14-24(15-17-36)29-21-35-31-6-2-1-4-27(29)31/h1-11,21,23-24,35H,12-19,22H2. The Balaban J connectivity index is 1.00. The van der Waals surface area contributed by atoms with Crippen molar-refractivity contribution in [3.8, 4) is 17.6 Å². The molecule has 0 saturated carbocycles. The van der Waals surface area contributed by atoms with Gasteiger partial charge in [-0.05, 0) is 98.6 Å². The van der Waals surface area contributed by atoms with Crippen molar-refractivity contribution in [1.29, 1.82) is 5.26 Å². The molecule has 0 aliphatic carbocycles. The third kappa shape index (κ3) is 5.86. The van der Waals surface area contributed by atoms with Gasteiger partial charge in [0, 0.05) is 36.7 Å². The Bertz CT molecular complexity index is 1660. The first-order chi connectivity index (χ1) is 19.9. The van der Waals surface area contributed by atoms with Gasteiger partial charge >= 0.3 is 0 Å². The molecule has 41 heavy (non-hydrogen) atoms. The highest BCUT2D eigenvalue weighted by Gasteiger charge is 2.31. The van der Waals surface area contributed by atoms with E-state index in [0.29, 0.717) is 41.4 Å². The van der Waals surface area contributed by atoms with Gasteiger partial charge in [0.2, 0.25) is 10.0 Å². The maximum Gasteiger partial charge on any atom is 0.243 e. The molecule has 212 valence electrons. The molecule has 1 aromatic heterocycles. The third-order valence-electron chi connectivity index (χ3n) is 8.52. The van der Waals surface area contributed by atoms with Gasteiger partial charge in [-0.25, -0.2) is 8.42 Å². The van der Waals surface area contributed by atoms with Crippen LogP contribution in [0.1, 0.15) is 42.7 Å². The van der Waals surface area contributed by atoms with E-state index in [4.69, 9.17) is 16.3 Å². The summed E-state index contributed by atoms with van der Waals surface area (Å²) in [7, 11) is -3.59. The SMILES string of the molecule is N#Cc1c(Cl)cccc1Oc1ccc(S(=O)(=O)N2CCC(CN3CCC(c4c[nH]c5ccccc45)CC3)CC2)cc1. The zero-order chi connectivity index (χ0) is 28.4. The van der Waals surface area contributed by atoms with Crippen molar-refractivity contribution < 1.29 is 13.2 Å². The Labute approximate surface area is 246 Å². The van der Waals surface area contributed by atoms with Crippen molar-refractivity contribution in [3.63, 3.8) is 0 Å². The number of nitriles is 1. The predicted molar refractivity (Wildman–Crippen MR) is 161 cm³/mol. The van der Waals surface area contributed by atoms with Crippen LogP contribution in [0.4, 0.5) is 0 Å². The van der Waals surface area contributed by atoms with Gasteiger partial charge in [-0.15, -0.1) is 0 Å². The van der Waals surface area contributed by atoms with Crippen molar-refractivity contribution in [2.24, 2.45) is 5.92 Å². The normalized spacial score (nSPS) is 18.0. The van der Waals surface area contributed by atoms with E-state index < -0.39 is 10.0 Å². The lowest BCUT2D eigenvalue weighted by atomic mass is 9.88. The van der Waals surface area contributed by atoms with Crippen LogP contribution in [0, 0.1) is 17.2 Å². The lowest BCUT2D eigenvalue weighted by molar-refractivity contribution is 0.153. The maximum atomic E-state index is 13.4. The number of ether oxygens (including phenoxy) is 1. The van der Waals surface area contributed by atoms with Gasteiger partial charge in [-0.2, -0.15) is 9.57 Å². The van der Waals surface area contributed by atoms with Crippen molar-refractivity contribution >= 4 is 32.5 Å². The molecule has 2 fully saturated rings. The molecule has 7 nitrogen and oxygen atoms in total. The number of piperidine rings is 2. The van der Waals surface area contributed by atoms with Gasteiger partial charge in [0.05, 0.1) is 9.92 Å². The molecule has 0 radical (unpaired) electrons. The number of aromatic nitrogens is 1. The van der Waals surface area contributed by atoms with Crippen LogP contribution >= 0.6 is 11.6 Å². The Morgan fingerprint density at radius 3 is 2.39 bits per heavy atom. The summed E-state index contributed by atoms with van der Waals surface area (Å²) in [6.07, 6.45) is 6.24. The number of likely N-dealkylation sites (tertiary alicyclic amines) is 1. The second kappa shape index (κ2) is 11.9. The van der Waals surface area contributed by atoms with Crippen molar-refractivity contribution in [2.45, 2.75) is 36.5 Å².